The number of allylic oxidation sites excluding steroid dienone is 4. The number of nitrogens with one attached hydrogen (secondary N) is 3. The van der Waals surface area contributed by atoms with Gasteiger partial charge in [0.25, 0.3) is 11.3 Å². The van der Waals surface area contributed by atoms with Crippen molar-refractivity contribution in [3.05, 3.63) is 100 Å². The quantitative estimate of drug-likeness (QED) is 0.247. The molecule has 4 rings (SSSR count). The van der Waals surface area contributed by atoms with E-state index in [1.165, 1.54) is 18.4 Å². The Morgan fingerprint density at radius 2 is 1.82 bits per heavy atom. The van der Waals surface area contributed by atoms with Gasteiger partial charge in [0.2, 0.25) is 5.91 Å². The predicted octanol–water partition coefficient (Wildman–Crippen LogP) is 4.79. The first kappa shape index (κ1) is 28.2. The first-order valence-electron chi connectivity index (χ1n) is 12.4. The van der Waals surface area contributed by atoms with Gasteiger partial charge in [-0.15, -0.1) is 11.3 Å². The lowest BCUT2D eigenvalue weighted by molar-refractivity contribution is -0.123. The lowest BCUT2D eigenvalue weighted by Gasteiger charge is -2.22. The van der Waals surface area contributed by atoms with Crippen LogP contribution in [0.2, 0.25) is 0 Å². The van der Waals surface area contributed by atoms with E-state index in [2.05, 4.69) is 27.5 Å². The molecule has 0 saturated heterocycles. The second-order valence-electron chi connectivity index (χ2n) is 8.92. The summed E-state index contributed by atoms with van der Waals surface area (Å²) in [6.07, 6.45) is 8.08. The minimum atomic E-state index is -2.17. The number of anilines is 1. The van der Waals surface area contributed by atoms with Gasteiger partial charge in [0.05, 0.1) is 18.8 Å². The molecule has 1 heterocycles. The maximum absolute atomic E-state index is 13.6. The number of carbonyl (C=O) groups excluding carboxylic acids is 2. The van der Waals surface area contributed by atoms with Gasteiger partial charge in [-0.3, -0.25) is 14.1 Å². The Labute approximate surface area is 233 Å². The van der Waals surface area contributed by atoms with Gasteiger partial charge in [0, 0.05) is 17.5 Å². The van der Waals surface area contributed by atoms with E-state index in [9.17, 15) is 13.8 Å². The van der Waals surface area contributed by atoms with Crippen molar-refractivity contribution in [2.75, 3.05) is 11.8 Å². The van der Waals surface area contributed by atoms with E-state index in [4.69, 9.17) is 14.3 Å². The molecule has 1 aliphatic rings. The maximum Gasteiger partial charge on any atom is 0.407 e. The lowest BCUT2D eigenvalue weighted by atomic mass is 10.0. The van der Waals surface area contributed by atoms with Crippen LogP contribution in [0.25, 0.3) is 5.57 Å². The molecule has 0 radical (unpaired) electrons. The summed E-state index contributed by atoms with van der Waals surface area (Å²) in [4.78, 5) is 30.5. The summed E-state index contributed by atoms with van der Waals surface area (Å²) in [6.45, 7) is 0. The minimum absolute atomic E-state index is 0.287. The normalized spacial score (nSPS) is 15.0. The van der Waals surface area contributed by atoms with Gasteiger partial charge in [-0.25, -0.2) is 14.0 Å². The Bertz CT molecular complexity index is 1360. The molecule has 2 aromatic carbocycles. The van der Waals surface area contributed by atoms with Gasteiger partial charge >= 0.3 is 6.09 Å². The standard InChI is InChI=1S/C28H30N4O5S2/c1-37-28(34)31-23(16-19-8-4-2-5-9-19)26(33)29-24(17-20-12-14-22(15-13-20)32-39(35)36)27-30-25(18-38-27)21-10-6-3-7-11-21/h2-6,8-10,12-15,18,23-24,32H,7,11,16-17H2,1H3,(H,29,33)(H,31,34)(H,35,36)/t23-,24-/m0/s1. The van der Waals surface area contributed by atoms with Crippen LogP contribution in [-0.4, -0.2) is 38.9 Å². The molecule has 39 heavy (non-hydrogen) atoms. The van der Waals surface area contributed by atoms with Crippen LogP contribution in [0.1, 0.15) is 40.7 Å². The van der Waals surface area contributed by atoms with E-state index >= 15 is 0 Å². The van der Waals surface area contributed by atoms with Crippen molar-refractivity contribution in [2.24, 2.45) is 0 Å². The number of aromatic nitrogens is 1. The average Bonchev–Trinajstić information content (AvgIpc) is 3.44. The van der Waals surface area contributed by atoms with Gasteiger partial charge in [0.1, 0.15) is 11.0 Å². The van der Waals surface area contributed by atoms with Crippen molar-refractivity contribution in [1.29, 1.82) is 0 Å². The van der Waals surface area contributed by atoms with Crippen molar-refractivity contribution < 1.29 is 23.1 Å². The molecule has 3 aromatic rings. The molecular formula is C28H30N4O5S2. The van der Waals surface area contributed by atoms with Crippen LogP contribution < -0.4 is 15.4 Å². The van der Waals surface area contributed by atoms with Crippen LogP contribution in [-0.2, 0) is 33.6 Å². The van der Waals surface area contributed by atoms with Gasteiger partial charge in [-0.1, -0.05) is 60.7 Å². The fourth-order valence-corrected chi connectivity index (χ4v) is 5.42. The summed E-state index contributed by atoms with van der Waals surface area (Å²) >= 11 is -0.700. The molecule has 3 atom stereocenters. The first-order valence-corrected chi connectivity index (χ1v) is 14.4. The third kappa shape index (κ3) is 8.34. The highest BCUT2D eigenvalue weighted by atomic mass is 32.2. The van der Waals surface area contributed by atoms with E-state index in [1.54, 1.807) is 12.1 Å². The number of nitrogens with zero attached hydrogens (tertiary/aromatic N) is 1. The van der Waals surface area contributed by atoms with Gasteiger partial charge in [-0.2, -0.15) is 0 Å². The Morgan fingerprint density at radius 3 is 2.49 bits per heavy atom. The number of hydrogen-bond donors (Lipinski definition) is 4. The van der Waals surface area contributed by atoms with Gasteiger partial charge < -0.3 is 15.4 Å². The Balaban J connectivity index is 1.58. The largest absolute Gasteiger partial charge is 0.453 e. The zero-order valence-electron chi connectivity index (χ0n) is 21.3. The van der Waals surface area contributed by atoms with Crippen molar-refractivity contribution in [3.63, 3.8) is 0 Å². The van der Waals surface area contributed by atoms with Crippen molar-refractivity contribution in [2.45, 2.75) is 37.8 Å². The average molecular weight is 567 g/mol. The molecule has 0 spiro atoms. The van der Waals surface area contributed by atoms with Crippen LogP contribution in [0.15, 0.2) is 78.2 Å². The van der Waals surface area contributed by atoms with Crippen LogP contribution in [0.5, 0.6) is 0 Å². The van der Waals surface area contributed by atoms with Gasteiger partial charge in [-0.05, 0) is 48.1 Å². The van der Waals surface area contributed by atoms with Crippen LogP contribution >= 0.6 is 11.3 Å². The molecule has 0 fully saturated rings. The molecule has 0 bridgehead atoms. The topological polar surface area (TPSA) is 130 Å². The van der Waals surface area contributed by atoms with E-state index in [0.29, 0.717) is 12.1 Å². The number of amides is 2. The van der Waals surface area contributed by atoms with Crippen LogP contribution in [0.3, 0.4) is 0 Å². The first-order chi connectivity index (χ1) is 18.9. The number of rotatable bonds is 11. The van der Waals surface area contributed by atoms with Crippen molar-refractivity contribution in [1.82, 2.24) is 15.6 Å². The third-order valence-electron chi connectivity index (χ3n) is 6.15. The molecule has 1 aliphatic carbocycles. The number of thiazole rings is 1. The summed E-state index contributed by atoms with van der Waals surface area (Å²) in [5.41, 5.74) is 4.32. The number of methoxy groups -OCH3 is 1. The second kappa shape index (κ2) is 13.8. The van der Waals surface area contributed by atoms with Crippen LogP contribution in [0, 0.1) is 0 Å². The predicted molar refractivity (Wildman–Crippen MR) is 153 cm³/mol. The second-order valence-corrected chi connectivity index (χ2v) is 10.5. The zero-order valence-corrected chi connectivity index (χ0v) is 23.0. The molecule has 4 N–H and O–H groups in total. The Kier molecular flexibility index (Phi) is 10.0. The smallest absolute Gasteiger partial charge is 0.407 e. The number of carbonyl (C=O) groups is 2. The Morgan fingerprint density at radius 1 is 1.08 bits per heavy atom. The summed E-state index contributed by atoms with van der Waals surface area (Å²) in [5.74, 6) is -0.361. The molecule has 1 unspecified atom stereocenters. The highest BCUT2D eigenvalue weighted by molar-refractivity contribution is 7.80. The molecule has 11 heteroatoms. The number of hydrogen-bond acceptors (Lipinski definition) is 6. The molecule has 0 saturated carbocycles. The lowest BCUT2D eigenvalue weighted by Crippen LogP contribution is -2.49. The molecule has 0 aliphatic heterocycles. The molecule has 9 nitrogen and oxygen atoms in total. The summed E-state index contributed by atoms with van der Waals surface area (Å²) in [6, 6.07) is 15.1. The summed E-state index contributed by atoms with van der Waals surface area (Å²) < 4.78 is 27.3. The highest BCUT2D eigenvalue weighted by Crippen LogP contribution is 2.29. The molecule has 2 amide bonds. The van der Waals surface area contributed by atoms with Gasteiger partial charge in [0.15, 0.2) is 0 Å². The number of ether oxygens (including phenoxy) is 1. The van der Waals surface area contributed by atoms with E-state index in [-0.39, 0.29) is 12.3 Å². The van der Waals surface area contributed by atoms with E-state index < -0.39 is 29.4 Å². The molecule has 204 valence electrons. The number of alkyl carbamates (subject to hydrolysis) is 1. The third-order valence-corrected chi connectivity index (χ3v) is 7.52. The monoisotopic (exact) mass is 566 g/mol. The highest BCUT2D eigenvalue weighted by Gasteiger charge is 2.27. The fourth-order valence-electron chi connectivity index (χ4n) is 4.19. The van der Waals surface area contributed by atoms with Crippen molar-refractivity contribution in [3.8, 4) is 0 Å². The summed E-state index contributed by atoms with van der Waals surface area (Å²) in [7, 11) is 1.26. The molecular weight excluding hydrogens is 536 g/mol. The fraction of sp³-hybridized carbons (Fsp3) is 0.250. The Hall–Kier alpha value is -3.80. The molecule has 1 aromatic heterocycles. The van der Waals surface area contributed by atoms with E-state index in [0.717, 1.165) is 40.2 Å². The van der Waals surface area contributed by atoms with Crippen molar-refractivity contribution >= 4 is 45.9 Å². The SMILES string of the molecule is COC(=O)N[C@@H](Cc1ccccc1)C(=O)N[C@@H](Cc1ccc(NS(=O)O)cc1)c1nc(C2=CC=CCC2)cs1. The van der Waals surface area contributed by atoms with Crippen LogP contribution in [0.4, 0.5) is 10.5 Å². The number of benzene rings is 2. The van der Waals surface area contributed by atoms with E-state index in [1.807, 2.05) is 53.9 Å². The maximum atomic E-state index is 13.6. The summed E-state index contributed by atoms with van der Waals surface area (Å²) in [5, 5.41) is 8.48. The zero-order chi connectivity index (χ0) is 27.6. The minimum Gasteiger partial charge on any atom is -0.453 e.